The van der Waals surface area contributed by atoms with Crippen LogP contribution in [0.1, 0.15) is 22.3 Å². The number of nitrogens with zero attached hydrogens (tertiary/aromatic N) is 4. The molecule has 1 aromatic carbocycles. The molecule has 1 amide bonds. The summed E-state index contributed by atoms with van der Waals surface area (Å²) in [4.78, 5) is 23.9. The minimum Gasteiger partial charge on any atom is -0.356 e. The lowest BCUT2D eigenvalue weighted by Crippen LogP contribution is -2.47. The standard InChI is InChI=1S/C22H27ClN4O/c1-25-10-12-26(13-11-25)22(28)19-6-8-24-21(15-19)27-9-7-18(16-27)14-17-2-4-20(23)5-3-17/h2-6,8,15,18H,7,9-14,16H2,1H3. The Morgan fingerprint density at radius 3 is 2.61 bits per heavy atom. The molecule has 6 heteroatoms. The number of rotatable bonds is 4. The highest BCUT2D eigenvalue weighted by Gasteiger charge is 2.25. The molecule has 148 valence electrons. The van der Waals surface area contributed by atoms with Crippen molar-refractivity contribution in [2.75, 3.05) is 51.2 Å². The van der Waals surface area contributed by atoms with Gasteiger partial charge in [-0.2, -0.15) is 0 Å². The summed E-state index contributed by atoms with van der Waals surface area (Å²) >= 11 is 5.99. The van der Waals surface area contributed by atoms with Crippen LogP contribution in [0.15, 0.2) is 42.6 Å². The molecular weight excluding hydrogens is 372 g/mol. The number of piperazine rings is 1. The van der Waals surface area contributed by atoms with Crippen LogP contribution >= 0.6 is 11.6 Å². The summed E-state index contributed by atoms with van der Waals surface area (Å²) in [7, 11) is 2.10. The van der Waals surface area contributed by atoms with Crippen molar-refractivity contribution < 1.29 is 4.79 Å². The zero-order chi connectivity index (χ0) is 19.5. The van der Waals surface area contributed by atoms with E-state index in [1.807, 2.05) is 29.2 Å². The number of pyridine rings is 1. The number of aromatic nitrogens is 1. The van der Waals surface area contributed by atoms with Crippen molar-refractivity contribution in [3.05, 3.63) is 58.7 Å². The van der Waals surface area contributed by atoms with E-state index in [0.717, 1.165) is 68.5 Å². The maximum atomic E-state index is 12.9. The van der Waals surface area contributed by atoms with Crippen molar-refractivity contribution in [2.24, 2.45) is 5.92 Å². The normalized spacial score (nSPS) is 20.6. The van der Waals surface area contributed by atoms with E-state index in [1.54, 1.807) is 6.20 Å². The molecule has 4 rings (SSSR count). The minimum atomic E-state index is 0.119. The lowest BCUT2D eigenvalue weighted by atomic mass is 9.99. The van der Waals surface area contributed by atoms with Crippen LogP contribution in [0.2, 0.25) is 5.02 Å². The molecule has 0 spiro atoms. The Morgan fingerprint density at radius 2 is 1.86 bits per heavy atom. The van der Waals surface area contributed by atoms with Gasteiger partial charge in [-0.3, -0.25) is 4.79 Å². The number of halogens is 1. The Bertz CT molecular complexity index is 818. The summed E-state index contributed by atoms with van der Waals surface area (Å²) in [5.74, 6) is 1.63. The fraction of sp³-hybridized carbons (Fsp3) is 0.455. The van der Waals surface area contributed by atoms with E-state index < -0.39 is 0 Å². The fourth-order valence-electron chi connectivity index (χ4n) is 4.08. The maximum absolute atomic E-state index is 12.9. The highest BCUT2D eigenvalue weighted by molar-refractivity contribution is 6.30. The zero-order valence-corrected chi connectivity index (χ0v) is 17.1. The molecule has 2 aliphatic heterocycles. The van der Waals surface area contributed by atoms with Crippen LogP contribution in [-0.4, -0.2) is 67.0 Å². The SMILES string of the molecule is CN1CCN(C(=O)c2ccnc(N3CCC(Cc4ccc(Cl)cc4)C3)c2)CC1. The molecule has 2 fully saturated rings. The molecule has 0 saturated carbocycles. The second kappa shape index (κ2) is 8.50. The smallest absolute Gasteiger partial charge is 0.254 e. The van der Waals surface area contributed by atoms with Gasteiger partial charge in [0.25, 0.3) is 5.91 Å². The van der Waals surface area contributed by atoms with E-state index in [9.17, 15) is 4.79 Å². The van der Waals surface area contributed by atoms with E-state index in [1.165, 1.54) is 5.56 Å². The molecule has 2 saturated heterocycles. The van der Waals surface area contributed by atoms with Crippen LogP contribution in [0.3, 0.4) is 0 Å². The molecule has 28 heavy (non-hydrogen) atoms. The van der Waals surface area contributed by atoms with Crippen LogP contribution < -0.4 is 4.90 Å². The van der Waals surface area contributed by atoms with Crippen molar-refractivity contribution in [1.82, 2.24) is 14.8 Å². The van der Waals surface area contributed by atoms with Crippen molar-refractivity contribution >= 4 is 23.3 Å². The minimum absolute atomic E-state index is 0.119. The number of carbonyl (C=O) groups is 1. The third-order valence-corrected chi connectivity index (χ3v) is 6.08. The molecular formula is C22H27ClN4O. The molecule has 1 atom stereocenters. The van der Waals surface area contributed by atoms with E-state index in [0.29, 0.717) is 5.92 Å². The predicted octanol–water partition coefficient (Wildman–Crippen LogP) is 3.19. The van der Waals surface area contributed by atoms with Gasteiger partial charge in [-0.1, -0.05) is 23.7 Å². The summed E-state index contributed by atoms with van der Waals surface area (Å²) in [6.45, 7) is 5.41. The summed E-state index contributed by atoms with van der Waals surface area (Å²) in [6, 6.07) is 11.9. The molecule has 0 radical (unpaired) electrons. The van der Waals surface area contributed by atoms with Gasteiger partial charge in [0.2, 0.25) is 0 Å². The highest BCUT2D eigenvalue weighted by atomic mass is 35.5. The molecule has 3 heterocycles. The van der Waals surface area contributed by atoms with Crippen LogP contribution in [0, 0.1) is 5.92 Å². The summed E-state index contributed by atoms with van der Waals surface area (Å²) in [5, 5.41) is 0.780. The van der Waals surface area contributed by atoms with E-state index in [2.05, 4.69) is 34.0 Å². The number of carbonyl (C=O) groups excluding carboxylic acids is 1. The van der Waals surface area contributed by atoms with Crippen molar-refractivity contribution in [3.63, 3.8) is 0 Å². The number of anilines is 1. The van der Waals surface area contributed by atoms with Gasteiger partial charge >= 0.3 is 0 Å². The largest absolute Gasteiger partial charge is 0.356 e. The van der Waals surface area contributed by atoms with E-state index in [-0.39, 0.29) is 5.91 Å². The summed E-state index contributed by atoms with van der Waals surface area (Å²) in [6.07, 6.45) is 3.96. The third-order valence-electron chi connectivity index (χ3n) is 5.83. The Morgan fingerprint density at radius 1 is 1.11 bits per heavy atom. The monoisotopic (exact) mass is 398 g/mol. The topological polar surface area (TPSA) is 39.7 Å². The molecule has 2 aliphatic rings. The van der Waals surface area contributed by atoms with Gasteiger partial charge in [0.1, 0.15) is 5.82 Å². The fourth-order valence-corrected chi connectivity index (χ4v) is 4.20. The lowest BCUT2D eigenvalue weighted by Gasteiger charge is -2.32. The Kier molecular flexibility index (Phi) is 5.83. The average molecular weight is 399 g/mol. The molecule has 1 aromatic heterocycles. The highest BCUT2D eigenvalue weighted by Crippen LogP contribution is 2.26. The first-order chi connectivity index (χ1) is 13.6. The molecule has 0 bridgehead atoms. The summed E-state index contributed by atoms with van der Waals surface area (Å²) in [5.41, 5.74) is 2.07. The number of amides is 1. The molecule has 5 nitrogen and oxygen atoms in total. The van der Waals surface area contributed by atoms with Crippen LogP contribution in [0.4, 0.5) is 5.82 Å². The molecule has 0 N–H and O–H groups in total. The molecule has 2 aromatic rings. The van der Waals surface area contributed by atoms with Crippen LogP contribution in [0.5, 0.6) is 0 Å². The molecule has 1 unspecified atom stereocenters. The molecule has 0 aliphatic carbocycles. The van der Waals surface area contributed by atoms with Crippen molar-refractivity contribution in [3.8, 4) is 0 Å². The Balaban J connectivity index is 1.39. The number of benzene rings is 1. The zero-order valence-electron chi connectivity index (χ0n) is 16.4. The van der Waals surface area contributed by atoms with E-state index >= 15 is 0 Å². The van der Waals surface area contributed by atoms with Gasteiger partial charge in [0.05, 0.1) is 0 Å². The lowest BCUT2D eigenvalue weighted by molar-refractivity contribution is 0.0664. The first-order valence-electron chi connectivity index (χ1n) is 10.0. The van der Waals surface area contributed by atoms with Crippen LogP contribution in [-0.2, 0) is 6.42 Å². The van der Waals surface area contributed by atoms with Gasteiger partial charge in [-0.25, -0.2) is 4.98 Å². The van der Waals surface area contributed by atoms with E-state index in [4.69, 9.17) is 11.6 Å². The Hall–Kier alpha value is -2.11. The van der Waals surface area contributed by atoms with Crippen molar-refractivity contribution in [2.45, 2.75) is 12.8 Å². The van der Waals surface area contributed by atoms with Gasteiger partial charge in [0, 0.05) is 56.1 Å². The summed E-state index contributed by atoms with van der Waals surface area (Å²) < 4.78 is 0. The third kappa shape index (κ3) is 4.47. The average Bonchev–Trinajstić information content (AvgIpc) is 3.18. The number of hydrogen-bond donors (Lipinski definition) is 0. The first kappa shape index (κ1) is 19.2. The Labute approximate surface area is 171 Å². The first-order valence-corrected chi connectivity index (χ1v) is 10.4. The number of hydrogen-bond acceptors (Lipinski definition) is 4. The van der Waals surface area contributed by atoms with Crippen molar-refractivity contribution in [1.29, 1.82) is 0 Å². The van der Waals surface area contributed by atoms with Gasteiger partial charge < -0.3 is 14.7 Å². The van der Waals surface area contributed by atoms with Gasteiger partial charge in [0.15, 0.2) is 0 Å². The second-order valence-electron chi connectivity index (χ2n) is 7.93. The van der Waals surface area contributed by atoms with Crippen LogP contribution in [0.25, 0.3) is 0 Å². The predicted molar refractivity (Wildman–Crippen MR) is 113 cm³/mol. The number of likely N-dealkylation sites (N-methyl/N-ethyl adjacent to an activating group) is 1. The maximum Gasteiger partial charge on any atom is 0.254 e. The van der Waals surface area contributed by atoms with Gasteiger partial charge in [-0.15, -0.1) is 0 Å². The van der Waals surface area contributed by atoms with Gasteiger partial charge in [-0.05, 0) is 55.6 Å². The quantitative estimate of drug-likeness (QED) is 0.793. The second-order valence-corrected chi connectivity index (χ2v) is 8.37.